The third-order valence-electron chi connectivity index (χ3n) is 3.59. The van der Waals surface area contributed by atoms with Crippen LogP contribution in [0, 0.1) is 5.92 Å². The molecule has 0 aromatic rings. The predicted molar refractivity (Wildman–Crippen MR) is 82.5 cm³/mol. The van der Waals surface area contributed by atoms with E-state index in [1.54, 1.807) is 0 Å². The Morgan fingerprint density at radius 1 is 0.826 bits per heavy atom. The minimum atomic E-state index is -1.39. The van der Waals surface area contributed by atoms with Gasteiger partial charge in [-0.15, -0.1) is 0 Å². The summed E-state index contributed by atoms with van der Waals surface area (Å²) in [6, 6.07) is 0. The molecule has 5 nitrogen and oxygen atoms in total. The van der Waals surface area contributed by atoms with Crippen LogP contribution >= 0.6 is 0 Å². The number of carbonyl (C=O) groups is 3. The number of ketones is 1. The summed E-state index contributed by atoms with van der Waals surface area (Å²) in [7, 11) is 0. The van der Waals surface area contributed by atoms with Crippen LogP contribution in [0.5, 0.6) is 0 Å². The molecular formula is C16H30K2O5. The van der Waals surface area contributed by atoms with E-state index < -0.39 is 30.1 Å². The molecule has 23 heavy (non-hydrogen) atoms. The molecule has 2 N–H and O–H groups in total. The second kappa shape index (κ2) is 20.2. The minimum absolute atomic E-state index is 0. The Labute approximate surface area is 227 Å². The van der Waals surface area contributed by atoms with Crippen LogP contribution in [0.15, 0.2) is 0 Å². The molecule has 0 rings (SSSR count). The quantitative estimate of drug-likeness (QED) is 0.204. The number of rotatable bonds is 14. The first-order valence-electron chi connectivity index (χ1n) is 7.96. The number of Topliss-reactive ketones (excluding diaryl/α,β-unsaturated/α-hetero) is 1. The molecule has 0 fully saturated rings. The molecule has 0 saturated heterocycles. The van der Waals surface area contributed by atoms with Crippen LogP contribution in [0.2, 0.25) is 0 Å². The van der Waals surface area contributed by atoms with Gasteiger partial charge in [0.2, 0.25) is 0 Å². The number of aliphatic carboxylic acids is 2. The molecule has 7 heteroatoms. The van der Waals surface area contributed by atoms with Crippen molar-refractivity contribution >= 4 is 17.7 Å². The largest absolute Gasteiger partial charge is 1.00 e. The van der Waals surface area contributed by atoms with Crippen molar-refractivity contribution in [3.8, 4) is 0 Å². The van der Waals surface area contributed by atoms with Crippen molar-refractivity contribution in [3.63, 3.8) is 0 Å². The molecule has 0 radical (unpaired) electrons. The molecule has 0 aromatic carbocycles. The molecule has 1 unspecified atom stereocenters. The van der Waals surface area contributed by atoms with Gasteiger partial charge in [-0.1, -0.05) is 58.3 Å². The van der Waals surface area contributed by atoms with Gasteiger partial charge in [0.1, 0.15) is 11.7 Å². The van der Waals surface area contributed by atoms with E-state index in [0.29, 0.717) is 6.42 Å². The van der Waals surface area contributed by atoms with Gasteiger partial charge in [-0.2, -0.15) is 0 Å². The van der Waals surface area contributed by atoms with Crippen LogP contribution < -0.4 is 103 Å². The molecule has 0 heterocycles. The summed E-state index contributed by atoms with van der Waals surface area (Å²) in [6.07, 6.45) is 9.58. The Balaban J connectivity index is -0.000000333. The van der Waals surface area contributed by atoms with E-state index in [1.165, 1.54) is 32.1 Å². The fourth-order valence-electron chi connectivity index (χ4n) is 2.30. The van der Waals surface area contributed by atoms with E-state index in [4.69, 9.17) is 10.2 Å². The van der Waals surface area contributed by atoms with E-state index in [0.717, 1.165) is 19.3 Å². The van der Waals surface area contributed by atoms with Gasteiger partial charge >= 0.3 is 115 Å². The first kappa shape index (κ1) is 29.6. The zero-order valence-corrected chi connectivity index (χ0v) is 21.2. The molecule has 0 aliphatic rings. The fourth-order valence-corrected chi connectivity index (χ4v) is 2.30. The van der Waals surface area contributed by atoms with E-state index in [2.05, 4.69) is 6.92 Å². The van der Waals surface area contributed by atoms with Crippen molar-refractivity contribution in [1.29, 1.82) is 0 Å². The first-order valence-corrected chi connectivity index (χ1v) is 7.96. The zero-order chi connectivity index (χ0) is 16.1. The van der Waals surface area contributed by atoms with Crippen molar-refractivity contribution < 1.29 is 130 Å². The van der Waals surface area contributed by atoms with Gasteiger partial charge in [0.05, 0.1) is 6.42 Å². The summed E-state index contributed by atoms with van der Waals surface area (Å²) in [4.78, 5) is 33.1. The average molecular weight is 381 g/mol. The smallest absolute Gasteiger partial charge is 1.00 e. The molecule has 1 atom stereocenters. The number of carboxylic acids is 2. The maximum absolute atomic E-state index is 11.7. The summed E-state index contributed by atoms with van der Waals surface area (Å²) in [5.74, 6) is -4.44. The predicted octanol–water partition coefficient (Wildman–Crippen LogP) is -2.12. The summed E-state index contributed by atoms with van der Waals surface area (Å²) in [5.41, 5.74) is 0. The van der Waals surface area contributed by atoms with Crippen LogP contribution in [0.1, 0.15) is 80.4 Å². The van der Waals surface area contributed by atoms with Crippen molar-refractivity contribution in [2.75, 3.05) is 0 Å². The van der Waals surface area contributed by atoms with Crippen LogP contribution in [-0.4, -0.2) is 27.9 Å². The second-order valence-corrected chi connectivity index (χ2v) is 5.53. The van der Waals surface area contributed by atoms with E-state index in [1.807, 2.05) is 0 Å². The Morgan fingerprint density at radius 2 is 1.26 bits per heavy atom. The fraction of sp³-hybridized carbons (Fsp3) is 0.812. The molecule has 0 bridgehead atoms. The second-order valence-electron chi connectivity index (χ2n) is 5.53. The van der Waals surface area contributed by atoms with Crippen LogP contribution in [0.25, 0.3) is 0 Å². The summed E-state index contributed by atoms with van der Waals surface area (Å²) in [6.45, 7) is 2.19. The molecule has 126 valence electrons. The molecule has 0 aromatic heterocycles. The van der Waals surface area contributed by atoms with Gasteiger partial charge in [-0.05, 0) is 6.42 Å². The Hall–Kier alpha value is 1.88. The molecule has 0 spiro atoms. The van der Waals surface area contributed by atoms with E-state index in [-0.39, 0.29) is 112 Å². The minimum Gasteiger partial charge on any atom is -1.00 e. The van der Waals surface area contributed by atoms with Crippen LogP contribution in [0.4, 0.5) is 0 Å². The van der Waals surface area contributed by atoms with Crippen LogP contribution in [0.3, 0.4) is 0 Å². The van der Waals surface area contributed by atoms with Gasteiger partial charge < -0.3 is 13.1 Å². The van der Waals surface area contributed by atoms with Crippen molar-refractivity contribution in [1.82, 2.24) is 0 Å². The summed E-state index contributed by atoms with van der Waals surface area (Å²) < 4.78 is 0. The van der Waals surface area contributed by atoms with Gasteiger partial charge in [0.25, 0.3) is 0 Å². The number of carboxylic acid groups (broad SMARTS) is 2. The van der Waals surface area contributed by atoms with Gasteiger partial charge in [0.15, 0.2) is 0 Å². The zero-order valence-electron chi connectivity index (χ0n) is 17.0. The molecule has 0 aliphatic heterocycles. The van der Waals surface area contributed by atoms with Crippen molar-refractivity contribution in [2.24, 2.45) is 5.92 Å². The third-order valence-corrected chi connectivity index (χ3v) is 3.59. The number of unbranched alkanes of at least 4 members (excludes halogenated alkanes) is 8. The standard InChI is InChI=1S/C16H28O5.2K.2H/c1-2-3-4-5-6-7-8-9-10-11-14(17)13(16(20)21)12-15(18)19;;;;/h13H,2-12H2,1H3,(H,18,19)(H,20,21);;;;/q;2*+1;2*-1. The van der Waals surface area contributed by atoms with E-state index in [9.17, 15) is 14.4 Å². The van der Waals surface area contributed by atoms with Gasteiger partial charge in [0, 0.05) is 6.42 Å². The van der Waals surface area contributed by atoms with E-state index >= 15 is 0 Å². The number of hydrogen-bond acceptors (Lipinski definition) is 3. The first-order chi connectivity index (χ1) is 9.99. The SMILES string of the molecule is CCCCCCCCCCCC(=O)C(CC(=O)O)C(=O)O.[H-].[H-].[K+].[K+]. The Morgan fingerprint density at radius 3 is 1.65 bits per heavy atom. The van der Waals surface area contributed by atoms with Gasteiger partial charge in [-0.25, -0.2) is 0 Å². The number of carbonyl (C=O) groups excluding carboxylic acids is 1. The Bertz CT molecular complexity index is 344. The summed E-state index contributed by atoms with van der Waals surface area (Å²) >= 11 is 0. The number of hydrogen-bond donors (Lipinski definition) is 2. The normalized spacial score (nSPS) is 11.0. The van der Waals surface area contributed by atoms with Gasteiger partial charge in [-0.3, -0.25) is 14.4 Å². The van der Waals surface area contributed by atoms with Crippen LogP contribution in [-0.2, 0) is 14.4 Å². The third kappa shape index (κ3) is 18.5. The topological polar surface area (TPSA) is 91.7 Å². The maximum atomic E-state index is 11.7. The molecule has 0 amide bonds. The van der Waals surface area contributed by atoms with Crippen molar-refractivity contribution in [3.05, 3.63) is 0 Å². The molecule has 0 aliphatic carbocycles. The maximum Gasteiger partial charge on any atom is 1.00 e. The monoisotopic (exact) mass is 380 g/mol. The summed E-state index contributed by atoms with van der Waals surface area (Å²) in [5, 5.41) is 17.4. The molecular weight excluding hydrogens is 350 g/mol. The average Bonchev–Trinajstić information content (AvgIpc) is 2.42. The molecule has 0 saturated carbocycles. The van der Waals surface area contributed by atoms with Crippen molar-refractivity contribution in [2.45, 2.75) is 77.6 Å². The Kier molecular flexibility index (Phi) is 26.0.